The van der Waals surface area contributed by atoms with E-state index in [0.29, 0.717) is 22.8 Å². The minimum absolute atomic E-state index is 0.225. The molecule has 0 saturated heterocycles. The third kappa shape index (κ3) is 2.58. The molecule has 0 aliphatic rings. The molecule has 0 atom stereocenters. The Bertz CT molecular complexity index is 771. The van der Waals surface area contributed by atoms with Gasteiger partial charge in [-0.15, -0.1) is 0 Å². The molecular formula is C16H13NO4. The number of rotatable bonds is 4. The van der Waals surface area contributed by atoms with Crippen LogP contribution in [0.15, 0.2) is 51.4 Å². The summed E-state index contributed by atoms with van der Waals surface area (Å²) in [4.78, 5) is 11.0. The number of aryl methyl sites for hydroxylation is 1. The van der Waals surface area contributed by atoms with Gasteiger partial charge >= 0.3 is 5.97 Å². The molecule has 0 spiro atoms. The molecule has 0 amide bonds. The molecule has 0 saturated carbocycles. The van der Waals surface area contributed by atoms with Crippen LogP contribution in [-0.4, -0.2) is 16.2 Å². The number of hydrogen-bond donors (Lipinski definition) is 1. The summed E-state index contributed by atoms with van der Waals surface area (Å²) in [5, 5.41) is 13.0. The molecule has 3 aromatic rings. The fraction of sp³-hybridized carbons (Fsp3) is 0.125. The minimum atomic E-state index is -0.967. The van der Waals surface area contributed by atoms with E-state index in [9.17, 15) is 4.79 Å². The van der Waals surface area contributed by atoms with Crippen LogP contribution in [0.5, 0.6) is 0 Å². The maximum atomic E-state index is 11.0. The lowest BCUT2D eigenvalue weighted by Gasteiger charge is -2.02. The van der Waals surface area contributed by atoms with Crippen LogP contribution in [0.2, 0.25) is 0 Å². The van der Waals surface area contributed by atoms with Gasteiger partial charge in [-0.3, -0.25) is 4.79 Å². The Hall–Kier alpha value is -2.82. The standard InChI is InChI=1S/C16H13NO4/c1-10-7-8-12(20-10)16-15(11-5-3-2-4-6-11)13(21-17-16)9-14(18)19/h2-8H,9H2,1H3,(H,18,19). The number of aromatic nitrogens is 1. The lowest BCUT2D eigenvalue weighted by atomic mass is 10.0. The number of benzene rings is 1. The normalized spacial score (nSPS) is 10.7. The van der Waals surface area contributed by atoms with Crippen LogP contribution in [0.25, 0.3) is 22.6 Å². The summed E-state index contributed by atoms with van der Waals surface area (Å²) in [6.07, 6.45) is -0.225. The molecule has 5 nitrogen and oxygen atoms in total. The Balaban J connectivity index is 2.17. The van der Waals surface area contributed by atoms with Gasteiger partial charge in [0.05, 0.1) is 5.56 Å². The molecule has 0 bridgehead atoms. The number of aliphatic carboxylic acids is 1. The maximum absolute atomic E-state index is 11.0. The summed E-state index contributed by atoms with van der Waals surface area (Å²) >= 11 is 0. The summed E-state index contributed by atoms with van der Waals surface area (Å²) in [5.74, 6) is 0.668. The second-order valence-electron chi connectivity index (χ2n) is 4.68. The predicted molar refractivity (Wildman–Crippen MR) is 75.7 cm³/mol. The predicted octanol–water partition coefficient (Wildman–Crippen LogP) is 3.54. The molecule has 3 rings (SSSR count). The van der Waals surface area contributed by atoms with Crippen LogP contribution < -0.4 is 0 Å². The molecular weight excluding hydrogens is 270 g/mol. The van der Waals surface area contributed by atoms with Crippen LogP contribution in [-0.2, 0) is 11.2 Å². The molecule has 21 heavy (non-hydrogen) atoms. The number of nitrogens with zero attached hydrogens (tertiary/aromatic N) is 1. The van der Waals surface area contributed by atoms with Crippen LogP contribution in [0.3, 0.4) is 0 Å². The van der Waals surface area contributed by atoms with Crippen molar-refractivity contribution >= 4 is 5.97 Å². The van der Waals surface area contributed by atoms with Gasteiger partial charge in [0.1, 0.15) is 12.2 Å². The highest BCUT2D eigenvalue weighted by atomic mass is 16.5. The van der Waals surface area contributed by atoms with Gasteiger partial charge in [0.15, 0.2) is 17.2 Å². The van der Waals surface area contributed by atoms with Crippen LogP contribution in [0, 0.1) is 6.92 Å². The van der Waals surface area contributed by atoms with Gasteiger partial charge in [0.2, 0.25) is 0 Å². The third-order valence-electron chi connectivity index (χ3n) is 3.11. The van der Waals surface area contributed by atoms with Crippen molar-refractivity contribution in [3.63, 3.8) is 0 Å². The lowest BCUT2D eigenvalue weighted by Crippen LogP contribution is -2.00. The molecule has 1 N–H and O–H groups in total. The monoisotopic (exact) mass is 283 g/mol. The van der Waals surface area contributed by atoms with E-state index in [1.807, 2.05) is 43.3 Å². The Labute approximate surface area is 120 Å². The topological polar surface area (TPSA) is 76.5 Å². The van der Waals surface area contributed by atoms with Gasteiger partial charge in [-0.2, -0.15) is 0 Å². The number of carbonyl (C=O) groups is 1. The fourth-order valence-electron chi connectivity index (χ4n) is 2.21. The minimum Gasteiger partial charge on any atom is -0.481 e. The summed E-state index contributed by atoms with van der Waals surface area (Å²) in [7, 11) is 0. The number of furan rings is 1. The zero-order chi connectivity index (χ0) is 14.8. The Morgan fingerprint density at radius 1 is 1.19 bits per heavy atom. The van der Waals surface area contributed by atoms with E-state index in [-0.39, 0.29) is 6.42 Å². The van der Waals surface area contributed by atoms with Crippen molar-refractivity contribution < 1.29 is 18.8 Å². The molecule has 0 fully saturated rings. The zero-order valence-corrected chi connectivity index (χ0v) is 11.4. The molecule has 2 aromatic heterocycles. The third-order valence-corrected chi connectivity index (χ3v) is 3.11. The Kier molecular flexibility index (Phi) is 3.31. The van der Waals surface area contributed by atoms with Crippen molar-refractivity contribution in [2.24, 2.45) is 0 Å². The second kappa shape index (κ2) is 5.28. The zero-order valence-electron chi connectivity index (χ0n) is 11.4. The Morgan fingerprint density at radius 3 is 2.57 bits per heavy atom. The van der Waals surface area contributed by atoms with E-state index in [2.05, 4.69) is 5.16 Å². The highest BCUT2D eigenvalue weighted by Gasteiger charge is 2.22. The summed E-state index contributed by atoms with van der Waals surface area (Å²) < 4.78 is 10.8. The number of hydrogen-bond acceptors (Lipinski definition) is 4. The molecule has 0 unspecified atom stereocenters. The highest BCUT2D eigenvalue weighted by molar-refractivity contribution is 5.83. The molecule has 0 aliphatic carbocycles. The number of carboxylic acid groups (broad SMARTS) is 1. The van der Waals surface area contributed by atoms with Crippen LogP contribution in [0.4, 0.5) is 0 Å². The van der Waals surface area contributed by atoms with E-state index in [4.69, 9.17) is 14.0 Å². The van der Waals surface area contributed by atoms with E-state index in [0.717, 1.165) is 11.3 Å². The molecule has 0 radical (unpaired) electrons. The van der Waals surface area contributed by atoms with Crippen molar-refractivity contribution in [2.75, 3.05) is 0 Å². The number of carboxylic acids is 1. The molecule has 1 aromatic carbocycles. The van der Waals surface area contributed by atoms with Crippen LogP contribution in [0.1, 0.15) is 11.5 Å². The van der Waals surface area contributed by atoms with Gasteiger partial charge in [0, 0.05) is 0 Å². The van der Waals surface area contributed by atoms with Crippen molar-refractivity contribution in [1.29, 1.82) is 0 Å². The summed E-state index contributed by atoms with van der Waals surface area (Å²) in [6, 6.07) is 13.0. The Morgan fingerprint density at radius 2 is 1.95 bits per heavy atom. The van der Waals surface area contributed by atoms with Gasteiger partial charge < -0.3 is 14.0 Å². The SMILES string of the molecule is Cc1ccc(-c2noc(CC(=O)O)c2-c2ccccc2)o1. The first-order valence-electron chi connectivity index (χ1n) is 6.47. The van der Waals surface area contributed by atoms with E-state index in [1.54, 1.807) is 6.07 Å². The van der Waals surface area contributed by atoms with Gasteiger partial charge in [-0.05, 0) is 24.6 Å². The summed E-state index contributed by atoms with van der Waals surface area (Å²) in [6.45, 7) is 1.84. The quantitative estimate of drug-likeness (QED) is 0.792. The molecule has 5 heteroatoms. The first kappa shape index (κ1) is 13.2. The summed E-state index contributed by atoms with van der Waals surface area (Å²) in [5.41, 5.74) is 2.02. The van der Waals surface area contributed by atoms with Gasteiger partial charge in [-0.25, -0.2) is 0 Å². The van der Waals surface area contributed by atoms with Crippen LogP contribution >= 0.6 is 0 Å². The largest absolute Gasteiger partial charge is 0.481 e. The van der Waals surface area contributed by atoms with E-state index in [1.165, 1.54) is 0 Å². The lowest BCUT2D eigenvalue weighted by molar-refractivity contribution is -0.136. The maximum Gasteiger partial charge on any atom is 0.311 e. The van der Waals surface area contributed by atoms with Crippen molar-refractivity contribution in [1.82, 2.24) is 5.16 Å². The molecule has 2 heterocycles. The fourth-order valence-corrected chi connectivity index (χ4v) is 2.21. The van der Waals surface area contributed by atoms with Crippen molar-refractivity contribution in [3.8, 4) is 22.6 Å². The van der Waals surface area contributed by atoms with Gasteiger partial charge in [0.25, 0.3) is 0 Å². The van der Waals surface area contributed by atoms with Crippen molar-refractivity contribution in [2.45, 2.75) is 13.3 Å². The first-order valence-corrected chi connectivity index (χ1v) is 6.47. The first-order chi connectivity index (χ1) is 10.1. The molecule has 106 valence electrons. The van der Waals surface area contributed by atoms with E-state index >= 15 is 0 Å². The average Bonchev–Trinajstić information content (AvgIpc) is 3.05. The van der Waals surface area contributed by atoms with Gasteiger partial charge in [-0.1, -0.05) is 35.5 Å². The molecule has 0 aliphatic heterocycles. The highest BCUT2D eigenvalue weighted by Crippen LogP contribution is 2.35. The van der Waals surface area contributed by atoms with E-state index < -0.39 is 5.97 Å². The smallest absolute Gasteiger partial charge is 0.311 e. The van der Waals surface area contributed by atoms with Crippen molar-refractivity contribution in [3.05, 3.63) is 54.0 Å². The second-order valence-corrected chi connectivity index (χ2v) is 4.68. The average molecular weight is 283 g/mol.